The molecule has 2 aliphatic heterocycles. The van der Waals surface area contributed by atoms with E-state index in [9.17, 15) is 44.2 Å². The molecule has 232 valence electrons. The zero-order chi connectivity index (χ0) is 32.9. The summed E-state index contributed by atoms with van der Waals surface area (Å²) in [5.41, 5.74) is -1.36. The van der Waals surface area contributed by atoms with E-state index in [0.29, 0.717) is 16.7 Å². The number of benzene rings is 2. The summed E-state index contributed by atoms with van der Waals surface area (Å²) in [7, 11) is 0. The van der Waals surface area contributed by atoms with Gasteiger partial charge in [-0.1, -0.05) is 24.6 Å². The van der Waals surface area contributed by atoms with Gasteiger partial charge in [0.2, 0.25) is 23.6 Å². The molecule has 2 saturated heterocycles. The van der Waals surface area contributed by atoms with Crippen LogP contribution in [0.3, 0.4) is 0 Å². The Kier molecular flexibility index (Phi) is 6.53. The van der Waals surface area contributed by atoms with Crippen LogP contribution < -0.4 is 9.80 Å². The maximum Gasteiger partial charge on any atom is 0.334 e. The summed E-state index contributed by atoms with van der Waals surface area (Å²) in [5, 5.41) is 23.3. The van der Waals surface area contributed by atoms with Crippen LogP contribution in [0.4, 0.5) is 22.7 Å². The van der Waals surface area contributed by atoms with Crippen LogP contribution in [-0.4, -0.2) is 46.1 Å². The topological polar surface area (TPSA) is 187 Å². The lowest BCUT2D eigenvalue weighted by Gasteiger charge is -2.55. The van der Waals surface area contributed by atoms with Crippen LogP contribution >= 0.6 is 0 Å². The predicted molar refractivity (Wildman–Crippen MR) is 156 cm³/mol. The predicted octanol–water partition coefficient (Wildman–Crippen LogP) is 3.56. The van der Waals surface area contributed by atoms with Crippen molar-refractivity contribution in [1.82, 2.24) is 0 Å². The van der Waals surface area contributed by atoms with Gasteiger partial charge in [-0.3, -0.25) is 39.4 Å². The summed E-state index contributed by atoms with van der Waals surface area (Å²) in [6.45, 7) is 7.69. The number of ether oxygens (including phenoxy) is 1. The van der Waals surface area contributed by atoms with Crippen molar-refractivity contribution in [2.24, 2.45) is 35.0 Å². The van der Waals surface area contributed by atoms with E-state index in [1.807, 2.05) is 0 Å². The second kappa shape index (κ2) is 9.87. The maximum absolute atomic E-state index is 14.3. The number of carbonyl (C=O) groups excluding carboxylic acids is 5. The van der Waals surface area contributed by atoms with Crippen LogP contribution in [0.5, 0.6) is 0 Å². The molecular formula is C31H28N4O10. The van der Waals surface area contributed by atoms with Crippen molar-refractivity contribution < 1.29 is 38.6 Å². The molecule has 2 aromatic rings. The highest BCUT2D eigenvalue weighted by Gasteiger charge is 2.77. The summed E-state index contributed by atoms with van der Waals surface area (Å²) >= 11 is 0. The van der Waals surface area contributed by atoms with Crippen molar-refractivity contribution in [3.63, 3.8) is 0 Å². The Labute approximate surface area is 255 Å². The fraction of sp³-hybridized carbons (Fsp3) is 0.387. The number of nitro groups is 2. The second-order valence-electron chi connectivity index (χ2n) is 12.1. The lowest BCUT2D eigenvalue weighted by molar-refractivity contribution is -0.385. The highest BCUT2D eigenvalue weighted by atomic mass is 16.6. The number of carbonyl (C=O) groups is 5. The first-order valence-electron chi connectivity index (χ1n) is 14.3. The Hall–Kier alpha value is -5.27. The minimum Gasteiger partial charge on any atom is -0.463 e. The largest absolute Gasteiger partial charge is 0.463 e. The Morgan fingerprint density at radius 2 is 1.20 bits per heavy atom. The Balaban J connectivity index is 1.53. The molecule has 4 amide bonds. The van der Waals surface area contributed by atoms with Gasteiger partial charge in [-0.2, -0.15) is 0 Å². The average Bonchev–Trinajstić information content (AvgIpc) is 3.39. The molecule has 2 aromatic carbocycles. The maximum atomic E-state index is 14.3. The van der Waals surface area contributed by atoms with Gasteiger partial charge in [-0.05, 0) is 39.8 Å². The quantitative estimate of drug-likeness (QED) is 0.201. The van der Waals surface area contributed by atoms with Gasteiger partial charge in [-0.25, -0.2) is 14.6 Å². The summed E-state index contributed by atoms with van der Waals surface area (Å²) in [5.74, 6) is -9.64. The van der Waals surface area contributed by atoms with E-state index in [1.165, 1.54) is 45.0 Å². The molecule has 2 heterocycles. The van der Waals surface area contributed by atoms with Crippen LogP contribution in [0.1, 0.15) is 31.9 Å². The zero-order valence-electron chi connectivity index (χ0n) is 24.9. The van der Waals surface area contributed by atoms with E-state index in [0.717, 1.165) is 21.9 Å². The van der Waals surface area contributed by atoms with Crippen LogP contribution in [0.15, 0.2) is 47.5 Å². The van der Waals surface area contributed by atoms with E-state index < -0.39 is 74.4 Å². The van der Waals surface area contributed by atoms with Crippen molar-refractivity contribution in [2.45, 2.75) is 34.6 Å². The third-order valence-electron chi connectivity index (χ3n) is 9.98. The van der Waals surface area contributed by atoms with Crippen molar-refractivity contribution >= 4 is 52.3 Å². The third-order valence-corrected chi connectivity index (χ3v) is 9.98. The number of nitrogens with zero attached hydrogens (tertiary/aromatic N) is 4. The molecule has 5 aliphatic rings. The number of hydrogen-bond acceptors (Lipinski definition) is 10. The van der Waals surface area contributed by atoms with E-state index in [1.54, 1.807) is 13.8 Å². The van der Waals surface area contributed by atoms with Crippen molar-refractivity contribution in [1.29, 1.82) is 0 Å². The van der Waals surface area contributed by atoms with Gasteiger partial charge < -0.3 is 4.74 Å². The number of esters is 1. The minimum absolute atomic E-state index is 0.0172. The number of hydrogen-bond donors (Lipinski definition) is 0. The Bertz CT molecular complexity index is 1720. The SMILES string of the molecule is CCOC(=O)C1=C(C)C2[C@@H]3C(=O)N(c4ccc(C)c([N+](=O)[O-])c4)C(=O)[C@H]3C1(C)[C@H]1C(=O)N(c3ccc(C)c([N+](=O)[O-])c3)C(=O)[C@@H]21. The van der Waals surface area contributed by atoms with Crippen LogP contribution in [0, 0.1) is 69.1 Å². The molecule has 2 bridgehead atoms. The summed E-state index contributed by atoms with van der Waals surface area (Å²) in [6, 6.07) is 7.91. The van der Waals surface area contributed by atoms with E-state index in [-0.39, 0.29) is 34.9 Å². The highest BCUT2D eigenvalue weighted by molar-refractivity contribution is 6.27. The molecule has 45 heavy (non-hydrogen) atoms. The number of nitro benzene ring substituents is 2. The third kappa shape index (κ3) is 3.77. The van der Waals surface area contributed by atoms with Gasteiger partial charge in [0.05, 0.1) is 51.5 Å². The fourth-order valence-electron chi connectivity index (χ4n) is 8.19. The molecule has 7 rings (SSSR count). The number of anilines is 2. The van der Waals surface area contributed by atoms with E-state index in [4.69, 9.17) is 4.74 Å². The lowest BCUT2D eigenvalue weighted by atomic mass is 9.43. The Morgan fingerprint density at radius 1 is 0.778 bits per heavy atom. The molecule has 6 atom stereocenters. The molecule has 14 heteroatoms. The van der Waals surface area contributed by atoms with Gasteiger partial charge in [0, 0.05) is 40.2 Å². The van der Waals surface area contributed by atoms with Gasteiger partial charge >= 0.3 is 5.97 Å². The van der Waals surface area contributed by atoms with Crippen LogP contribution in [0.25, 0.3) is 0 Å². The summed E-state index contributed by atoms with van der Waals surface area (Å²) < 4.78 is 5.36. The van der Waals surface area contributed by atoms with Crippen LogP contribution in [0.2, 0.25) is 0 Å². The number of rotatable bonds is 6. The minimum atomic E-state index is -1.70. The first kappa shape index (κ1) is 29.8. The molecule has 3 aliphatic carbocycles. The number of aryl methyl sites for hydroxylation is 2. The standard InChI is InChI=1S/C31H28N4O10/c1-6-45-30(40)23-15(4)20-21-24(28(38)32(26(21)36)16-9-7-13(2)18(11-16)34(41)42)31(23,5)25-22(20)27(37)33(29(25)39)17-10-8-14(3)19(12-17)35(43)44/h7-12,20-22,24-25H,6H2,1-5H3/t20?,21-,22-,24-,25+,31?/m0/s1. The first-order valence-corrected chi connectivity index (χ1v) is 14.3. The number of imide groups is 2. The molecular weight excluding hydrogens is 588 g/mol. The van der Waals surface area contributed by atoms with Gasteiger partial charge in [0.1, 0.15) is 0 Å². The molecule has 2 unspecified atom stereocenters. The highest BCUT2D eigenvalue weighted by Crippen LogP contribution is 2.69. The summed E-state index contributed by atoms with van der Waals surface area (Å²) in [6.07, 6.45) is 0. The van der Waals surface area contributed by atoms with E-state index in [2.05, 4.69) is 0 Å². The Morgan fingerprint density at radius 3 is 1.58 bits per heavy atom. The van der Waals surface area contributed by atoms with Crippen molar-refractivity contribution in [3.8, 4) is 0 Å². The summed E-state index contributed by atoms with van der Waals surface area (Å²) in [4.78, 5) is 94.3. The first-order chi connectivity index (χ1) is 21.2. The normalized spacial score (nSPS) is 28.5. The van der Waals surface area contributed by atoms with E-state index >= 15 is 0 Å². The molecule has 3 fully saturated rings. The molecule has 0 aromatic heterocycles. The van der Waals surface area contributed by atoms with Gasteiger partial charge in [0.15, 0.2) is 0 Å². The molecule has 1 saturated carbocycles. The lowest BCUT2D eigenvalue weighted by Crippen LogP contribution is -2.61. The van der Waals surface area contributed by atoms with Gasteiger partial charge in [-0.15, -0.1) is 0 Å². The monoisotopic (exact) mass is 616 g/mol. The van der Waals surface area contributed by atoms with Crippen molar-refractivity contribution in [2.75, 3.05) is 16.4 Å². The fourth-order valence-corrected chi connectivity index (χ4v) is 8.19. The zero-order valence-corrected chi connectivity index (χ0v) is 24.9. The molecule has 0 N–H and O–H groups in total. The smallest absolute Gasteiger partial charge is 0.334 e. The average molecular weight is 617 g/mol. The second-order valence-corrected chi connectivity index (χ2v) is 12.1. The molecule has 0 spiro atoms. The molecule has 0 radical (unpaired) electrons. The number of amides is 4. The molecule has 14 nitrogen and oxygen atoms in total. The van der Waals surface area contributed by atoms with Gasteiger partial charge in [0.25, 0.3) is 11.4 Å². The van der Waals surface area contributed by atoms with Crippen LogP contribution in [-0.2, 0) is 28.7 Å². The van der Waals surface area contributed by atoms with Crippen molar-refractivity contribution in [3.05, 3.63) is 78.9 Å². The number of allylic oxidation sites excluding steroid dienone is 1.